The van der Waals surface area contributed by atoms with E-state index in [9.17, 15) is 4.79 Å². The van der Waals surface area contributed by atoms with Gasteiger partial charge in [0.25, 0.3) is 0 Å². The third-order valence-electron chi connectivity index (χ3n) is 2.30. The van der Waals surface area contributed by atoms with E-state index in [0.717, 1.165) is 13.1 Å². The Kier molecular flexibility index (Phi) is 1.46. The maximum absolute atomic E-state index is 11.2. The number of ketones is 1. The summed E-state index contributed by atoms with van der Waals surface area (Å²) < 4.78 is 5.30. The van der Waals surface area contributed by atoms with Crippen molar-refractivity contribution in [3.8, 4) is 0 Å². The predicted octanol–water partition coefficient (Wildman–Crippen LogP) is 0.0296. The van der Waals surface area contributed by atoms with E-state index in [2.05, 4.69) is 4.90 Å². The number of nitrogens with zero attached hydrogens (tertiary/aromatic N) is 1. The Hall–Kier alpha value is -0.830. The maximum Gasteiger partial charge on any atom is 0.166 e. The number of hydrogen-bond acceptors (Lipinski definition) is 3. The van der Waals surface area contributed by atoms with Crippen molar-refractivity contribution in [2.24, 2.45) is 5.92 Å². The van der Waals surface area contributed by atoms with Crippen molar-refractivity contribution in [3.05, 3.63) is 12.3 Å². The van der Waals surface area contributed by atoms with Crippen LogP contribution in [0.15, 0.2) is 12.3 Å². The van der Waals surface area contributed by atoms with E-state index in [0.29, 0.717) is 0 Å². The van der Waals surface area contributed by atoms with Crippen molar-refractivity contribution in [1.29, 1.82) is 0 Å². The molecule has 11 heavy (non-hydrogen) atoms. The van der Waals surface area contributed by atoms with E-state index in [1.807, 2.05) is 7.05 Å². The van der Waals surface area contributed by atoms with Crippen LogP contribution in [0.5, 0.6) is 0 Å². The van der Waals surface area contributed by atoms with E-state index in [1.165, 1.54) is 12.3 Å². The summed E-state index contributed by atoms with van der Waals surface area (Å²) in [4.78, 5) is 13.4. The fourth-order valence-electron chi connectivity index (χ4n) is 1.70. The Labute approximate surface area is 65.6 Å². The number of allylic oxidation sites excluding steroid dienone is 1. The second-order valence-corrected chi connectivity index (χ2v) is 3.21. The molecule has 0 aromatic rings. The SMILES string of the molecule is CN1CC2OC=CC(=O)C2C1. The first-order chi connectivity index (χ1) is 5.27. The Bertz CT molecular complexity index is 212. The van der Waals surface area contributed by atoms with Gasteiger partial charge in [0.2, 0.25) is 0 Å². The van der Waals surface area contributed by atoms with Crippen LogP contribution in [0.25, 0.3) is 0 Å². The number of carbonyl (C=O) groups is 1. The number of rotatable bonds is 0. The highest BCUT2D eigenvalue weighted by molar-refractivity contribution is 5.93. The molecule has 2 rings (SSSR count). The first-order valence-corrected chi connectivity index (χ1v) is 3.82. The van der Waals surface area contributed by atoms with Gasteiger partial charge in [-0.1, -0.05) is 0 Å². The van der Waals surface area contributed by atoms with Gasteiger partial charge in [-0.15, -0.1) is 0 Å². The summed E-state index contributed by atoms with van der Waals surface area (Å²) in [5.74, 6) is 0.301. The van der Waals surface area contributed by atoms with Crippen LogP contribution in [0.1, 0.15) is 0 Å². The van der Waals surface area contributed by atoms with Crippen molar-refractivity contribution in [1.82, 2.24) is 4.90 Å². The molecule has 2 aliphatic rings. The topological polar surface area (TPSA) is 29.5 Å². The second-order valence-electron chi connectivity index (χ2n) is 3.21. The van der Waals surface area contributed by atoms with Gasteiger partial charge in [0.05, 0.1) is 12.2 Å². The Morgan fingerprint density at radius 2 is 2.45 bits per heavy atom. The number of likely N-dealkylation sites (tertiary alicyclic amines) is 1. The molecule has 0 bridgehead atoms. The molecule has 0 aromatic carbocycles. The molecule has 2 aliphatic heterocycles. The summed E-state index contributed by atoms with van der Waals surface area (Å²) >= 11 is 0. The molecule has 2 atom stereocenters. The zero-order valence-electron chi connectivity index (χ0n) is 6.49. The number of carbonyl (C=O) groups excluding carboxylic acids is 1. The fraction of sp³-hybridized carbons (Fsp3) is 0.625. The molecular formula is C8H11NO2. The van der Waals surface area contributed by atoms with Crippen molar-refractivity contribution in [2.75, 3.05) is 20.1 Å². The highest BCUT2D eigenvalue weighted by atomic mass is 16.5. The van der Waals surface area contributed by atoms with Gasteiger partial charge in [0.1, 0.15) is 6.10 Å². The van der Waals surface area contributed by atoms with Crippen LogP contribution >= 0.6 is 0 Å². The summed E-state index contributed by atoms with van der Waals surface area (Å²) in [5.41, 5.74) is 0. The van der Waals surface area contributed by atoms with Crippen LogP contribution in [0, 0.1) is 5.92 Å². The normalized spacial score (nSPS) is 37.0. The first-order valence-electron chi connectivity index (χ1n) is 3.82. The van der Waals surface area contributed by atoms with E-state index < -0.39 is 0 Å². The van der Waals surface area contributed by atoms with Crippen LogP contribution < -0.4 is 0 Å². The van der Waals surface area contributed by atoms with Crippen molar-refractivity contribution >= 4 is 5.78 Å². The number of hydrogen-bond donors (Lipinski definition) is 0. The van der Waals surface area contributed by atoms with Crippen LogP contribution in [-0.4, -0.2) is 36.9 Å². The van der Waals surface area contributed by atoms with Gasteiger partial charge in [0, 0.05) is 19.2 Å². The Balaban J connectivity index is 2.17. The van der Waals surface area contributed by atoms with Gasteiger partial charge in [0.15, 0.2) is 5.78 Å². The molecule has 2 unspecified atom stereocenters. The maximum atomic E-state index is 11.2. The van der Waals surface area contributed by atoms with Gasteiger partial charge in [-0.25, -0.2) is 0 Å². The fourth-order valence-corrected chi connectivity index (χ4v) is 1.70. The largest absolute Gasteiger partial charge is 0.496 e. The molecule has 3 heteroatoms. The van der Waals surface area contributed by atoms with E-state index in [1.54, 1.807) is 0 Å². The van der Waals surface area contributed by atoms with Crippen molar-refractivity contribution in [2.45, 2.75) is 6.10 Å². The third-order valence-corrected chi connectivity index (χ3v) is 2.30. The lowest BCUT2D eigenvalue weighted by Crippen LogP contribution is -2.29. The van der Waals surface area contributed by atoms with E-state index in [4.69, 9.17) is 4.74 Å². The zero-order valence-corrected chi connectivity index (χ0v) is 6.49. The number of likely N-dealkylation sites (N-methyl/N-ethyl adjacent to an activating group) is 1. The highest BCUT2D eigenvalue weighted by Crippen LogP contribution is 2.23. The van der Waals surface area contributed by atoms with Gasteiger partial charge in [-0.05, 0) is 7.05 Å². The molecule has 0 spiro atoms. The molecule has 3 nitrogen and oxygen atoms in total. The minimum absolute atomic E-state index is 0.0880. The smallest absolute Gasteiger partial charge is 0.166 e. The van der Waals surface area contributed by atoms with E-state index in [-0.39, 0.29) is 17.8 Å². The lowest BCUT2D eigenvalue weighted by atomic mass is 9.99. The number of ether oxygens (including phenoxy) is 1. The number of fused-ring (bicyclic) bond motifs is 1. The summed E-state index contributed by atoms with van der Waals surface area (Å²) in [5, 5.41) is 0. The predicted molar refractivity (Wildman–Crippen MR) is 40.0 cm³/mol. The summed E-state index contributed by atoms with van der Waals surface area (Å²) in [7, 11) is 2.01. The first kappa shape index (κ1) is 6.85. The molecule has 0 amide bonds. The lowest BCUT2D eigenvalue weighted by molar-refractivity contribution is -0.121. The van der Waals surface area contributed by atoms with Crippen LogP contribution in [0.3, 0.4) is 0 Å². The summed E-state index contributed by atoms with van der Waals surface area (Å²) in [6, 6.07) is 0. The standard InChI is InChI=1S/C8H11NO2/c1-9-4-6-7(10)2-3-11-8(6)5-9/h2-3,6,8H,4-5H2,1H3. The Morgan fingerprint density at radius 3 is 3.18 bits per heavy atom. The average Bonchev–Trinajstić information content (AvgIpc) is 2.31. The summed E-state index contributed by atoms with van der Waals surface area (Å²) in [6.45, 7) is 1.72. The molecule has 0 radical (unpaired) electrons. The van der Waals surface area contributed by atoms with Gasteiger partial charge >= 0.3 is 0 Å². The zero-order chi connectivity index (χ0) is 7.84. The minimum Gasteiger partial charge on any atom is -0.496 e. The van der Waals surface area contributed by atoms with Crippen molar-refractivity contribution in [3.63, 3.8) is 0 Å². The average molecular weight is 153 g/mol. The van der Waals surface area contributed by atoms with Crippen LogP contribution in [0.4, 0.5) is 0 Å². The van der Waals surface area contributed by atoms with Gasteiger partial charge < -0.3 is 9.64 Å². The lowest BCUT2D eigenvalue weighted by Gasteiger charge is -2.18. The Morgan fingerprint density at radius 1 is 1.64 bits per heavy atom. The molecule has 60 valence electrons. The quantitative estimate of drug-likeness (QED) is 0.491. The summed E-state index contributed by atoms with van der Waals surface area (Å²) in [6.07, 6.45) is 3.15. The molecular weight excluding hydrogens is 142 g/mol. The molecule has 0 saturated carbocycles. The van der Waals surface area contributed by atoms with E-state index >= 15 is 0 Å². The molecule has 1 fully saturated rings. The van der Waals surface area contributed by atoms with Crippen LogP contribution in [0.2, 0.25) is 0 Å². The molecule has 0 aliphatic carbocycles. The van der Waals surface area contributed by atoms with Gasteiger partial charge in [-0.3, -0.25) is 4.79 Å². The molecule has 0 N–H and O–H groups in total. The highest BCUT2D eigenvalue weighted by Gasteiger charge is 2.37. The van der Waals surface area contributed by atoms with Gasteiger partial charge in [-0.2, -0.15) is 0 Å². The van der Waals surface area contributed by atoms with Crippen LogP contribution in [-0.2, 0) is 9.53 Å². The monoisotopic (exact) mass is 153 g/mol. The molecule has 1 saturated heterocycles. The molecule has 2 heterocycles. The third kappa shape index (κ3) is 1.05. The van der Waals surface area contributed by atoms with Crippen molar-refractivity contribution < 1.29 is 9.53 Å². The second kappa shape index (κ2) is 2.34. The molecule has 0 aromatic heterocycles. The minimum atomic E-state index is 0.0880.